The van der Waals surface area contributed by atoms with E-state index in [4.69, 9.17) is 17.3 Å². The van der Waals surface area contributed by atoms with Crippen LogP contribution in [0.15, 0.2) is 18.2 Å². The maximum Gasteiger partial charge on any atom is 0.251 e. The zero-order chi connectivity index (χ0) is 13.3. The standard InChI is InChI=1S/C14H19ClN2O/c1-14(2)6-5-10(8-14)17-13(18)9-3-4-11(15)12(16)7-9/h3-4,7,10H,5-6,8,16H2,1-2H3,(H,17,18). The van der Waals surface area contributed by atoms with Crippen molar-refractivity contribution in [1.29, 1.82) is 0 Å². The van der Waals surface area contributed by atoms with E-state index in [1.807, 2.05) is 0 Å². The molecule has 0 heterocycles. The summed E-state index contributed by atoms with van der Waals surface area (Å²) in [5.41, 5.74) is 7.04. The number of nitrogens with one attached hydrogen (secondary N) is 1. The van der Waals surface area contributed by atoms with Crippen molar-refractivity contribution in [2.45, 2.75) is 39.2 Å². The highest BCUT2D eigenvalue weighted by atomic mass is 35.5. The lowest BCUT2D eigenvalue weighted by Gasteiger charge is -2.18. The van der Waals surface area contributed by atoms with E-state index in [1.165, 1.54) is 0 Å². The number of carbonyl (C=O) groups excluding carboxylic acids is 1. The van der Waals surface area contributed by atoms with Gasteiger partial charge in [0.2, 0.25) is 0 Å². The Morgan fingerprint density at radius 1 is 1.50 bits per heavy atom. The molecule has 0 aliphatic heterocycles. The molecule has 18 heavy (non-hydrogen) atoms. The van der Waals surface area contributed by atoms with Gasteiger partial charge < -0.3 is 11.1 Å². The van der Waals surface area contributed by atoms with Crippen LogP contribution in [0.2, 0.25) is 5.02 Å². The molecule has 1 aromatic carbocycles. The van der Waals surface area contributed by atoms with Gasteiger partial charge in [-0.1, -0.05) is 25.4 Å². The van der Waals surface area contributed by atoms with Crippen molar-refractivity contribution >= 4 is 23.2 Å². The van der Waals surface area contributed by atoms with Gasteiger partial charge in [0.1, 0.15) is 0 Å². The fourth-order valence-corrected chi connectivity index (χ4v) is 2.63. The van der Waals surface area contributed by atoms with Crippen molar-refractivity contribution in [2.24, 2.45) is 5.41 Å². The largest absolute Gasteiger partial charge is 0.398 e. The second-order valence-electron chi connectivity index (χ2n) is 5.81. The number of nitrogen functional groups attached to an aromatic ring is 1. The number of hydrogen-bond donors (Lipinski definition) is 2. The average Bonchev–Trinajstić information content (AvgIpc) is 2.62. The number of benzene rings is 1. The Balaban J connectivity index is 2.02. The maximum absolute atomic E-state index is 12.1. The van der Waals surface area contributed by atoms with E-state index >= 15 is 0 Å². The van der Waals surface area contributed by atoms with Crippen LogP contribution in [0.3, 0.4) is 0 Å². The predicted octanol–water partition coefficient (Wildman–Crippen LogP) is 3.23. The molecule has 1 amide bonds. The van der Waals surface area contributed by atoms with Gasteiger partial charge in [0.05, 0.1) is 10.7 Å². The zero-order valence-electron chi connectivity index (χ0n) is 10.8. The van der Waals surface area contributed by atoms with E-state index in [9.17, 15) is 4.79 Å². The molecule has 98 valence electrons. The minimum Gasteiger partial charge on any atom is -0.398 e. The lowest BCUT2D eigenvalue weighted by Crippen LogP contribution is -2.33. The molecule has 3 nitrogen and oxygen atoms in total. The third-order valence-electron chi connectivity index (χ3n) is 3.56. The summed E-state index contributed by atoms with van der Waals surface area (Å²) < 4.78 is 0. The Bertz CT molecular complexity index is 471. The Labute approximate surface area is 113 Å². The second kappa shape index (κ2) is 4.81. The number of amides is 1. The highest BCUT2D eigenvalue weighted by molar-refractivity contribution is 6.33. The Morgan fingerprint density at radius 2 is 2.22 bits per heavy atom. The van der Waals surface area contributed by atoms with Gasteiger partial charge >= 0.3 is 0 Å². The van der Waals surface area contributed by atoms with Crippen molar-refractivity contribution in [3.8, 4) is 0 Å². The number of nitrogens with two attached hydrogens (primary N) is 1. The molecule has 1 fully saturated rings. The van der Waals surface area contributed by atoms with Crippen LogP contribution in [-0.4, -0.2) is 11.9 Å². The first kappa shape index (κ1) is 13.2. The summed E-state index contributed by atoms with van der Waals surface area (Å²) in [7, 11) is 0. The molecule has 1 atom stereocenters. The molecule has 1 saturated carbocycles. The van der Waals surface area contributed by atoms with Crippen LogP contribution < -0.4 is 11.1 Å². The number of hydrogen-bond acceptors (Lipinski definition) is 2. The highest BCUT2D eigenvalue weighted by Crippen LogP contribution is 2.37. The van der Waals surface area contributed by atoms with Crippen molar-refractivity contribution < 1.29 is 4.79 Å². The summed E-state index contributed by atoms with van der Waals surface area (Å²) >= 11 is 5.84. The summed E-state index contributed by atoms with van der Waals surface area (Å²) in [4.78, 5) is 12.1. The van der Waals surface area contributed by atoms with Crippen LogP contribution in [0.25, 0.3) is 0 Å². The highest BCUT2D eigenvalue weighted by Gasteiger charge is 2.31. The van der Waals surface area contributed by atoms with Gasteiger partial charge in [-0.3, -0.25) is 4.79 Å². The van der Waals surface area contributed by atoms with Crippen molar-refractivity contribution in [2.75, 3.05) is 5.73 Å². The normalized spacial score (nSPS) is 21.8. The van der Waals surface area contributed by atoms with Gasteiger partial charge in [0, 0.05) is 11.6 Å². The van der Waals surface area contributed by atoms with Crippen molar-refractivity contribution in [3.05, 3.63) is 28.8 Å². The summed E-state index contributed by atoms with van der Waals surface area (Å²) in [5.74, 6) is -0.0685. The van der Waals surface area contributed by atoms with E-state index < -0.39 is 0 Å². The molecular formula is C14H19ClN2O. The summed E-state index contributed by atoms with van der Waals surface area (Å²) in [6.07, 6.45) is 3.23. The minimum absolute atomic E-state index is 0.0685. The first-order chi connectivity index (χ1) is 8.37. The Hall–Kier alpha value is -1.22. The van der Waals surface area contributed by atoms with Crippen LogP contribution in [-0.2, 0) is 0 Å². The quantitative estimate of drug-likeness (QED) is 0.808. The fourth-order valence-electron chi connectivity index (χ4n) is 2.51. The number of rotatable bonds is 2. The molecule has 0 bridgehead atoms. The Morgan fingerprint density at radius 3 is 2.78 bits per heavy atom. The smallest absolute Gasteiger partial charge is 0.251 e. The second-order valence-corrected chi connectivity index (χ2v) is 6.22. The SMILES string of the molecule is CC1(C)CCC(NC(=O)c2ccc(Cl)c(N)c2)C1. The van der Waals surface area contributed by atoms with Crippen molar-refractivity contribution in [3.63, 3.8) is 0 Å². The third kappa shape index (κ3) is 2.96. The van der Waals surface area contributed by atoms with Crippen LogP contribution in [0.5, 0.6) is 0 Å². The number of carbonyl (C=O) groups is 1. The van der Waals surface area contributed by atoms with Gasteiger partial charge in [0.15, 0.2) is 0 Å². The van der Waals surface area contributed by atoms with Crippen LogP contribution in [0.4, 0.5) is 5.69 Å². The molecule has 1 aromatic rings. The molecule has 1 unspecified atom stereocenters. The van der Waals surface area contributed by atoms with E-state index in [-0.39, 0.29) is 11.9 Å². The van der Waals surface area contributed by atoms with Crippen LogP contribution in [0.1, 0.15) is 43.5 Å². The summed E-state index contributed by atoms with van der Waals surface area (Å²) in [6, 6.07) is 5.25. The molecule has 0 saturated heterocycles. The maximum atomic E-state index is 12.1. The van der Waals surface area contributed by atoms with Gasteiger partial charge in [0.25, 0.3) is 5.91 Å². The minimum atomic E-state index is -0.0685. The molecule has 2 rings (SSSR count). The summed E-state index contributed by atoms with van der Waals surface area (Å²) in [6.45, 7) is 4.47. The van der Waals surface area contributed by atoms with Crippen LogP contribution in [0, 0.1) is 5.41 Å². The van der Waals surface area contributed by atoms with E-state index in [1.54, 1.807) is 18.2 Å². The topological polar surface area (TPSA) is 55.1 Å². The predicted molar refractivity (Wildman–Crippen MR) is 74.8 cm³/mol. The van der Waals surface area contributed by atoms with Gasteiger partial charge in [-0.15, -0.1) is 0 Å². The Kier molecular flexibility index (Phi) is 3.53. The molecule has 0 aromatic heterocycles. The van der Waals surface area contributed by atoms with E-state index in [0.717, 1.165) is 19.3 Å². The first-order valence-electron chi connectivity index (χ1n) is 6.23. The molecule has 3 N–H and O–H groups in total. The van der Waals surface area contributed by atoms with Gasteiger partial charge in [-0.2, -0.15) is 0 Å². The molecule has 4 heteroatoms. The molecular weight excluding hydrogens is 248 g/mol. The monoisotopic (exact) mass is 266 g/mol. The number of halogens is 1. The van der Waals surface area contributed by atoms with E-state index in [2.05, 4.69) is 19.2 Å². The molecule has 1 aliphatic rings. The molecule has 0 radical (unpaired) electrons. The van der Waals surface area contributed by atoms with Crippen LogP contribution >= 0.6 is 11.6 Å². The van der Waals surface area contributed by atoms with Crippen molar-refractivity contribution in [1.82, 2.24) is 5.32 Å². The number of anilines is 1. The molecule has 0 spiro atoms. The fraction of sp³-hybridized carbons (Fsp3) is 0.500. The average molecular weight is 267 g/mol. The van der Waals surface area contributed by atoms with Gasteiger partial charge in [-0.05, 0) is 42.9 Å². The van der Waals surface area contributed by atoms with Gasteiger partial charge in [-0.25, -0.2) is 0 Å². The summed E-state index contributed by atoms with van der Waals surface area (Å²) in [5, 5.41) is 3.54. The third-order valence-corrected chi connectivity index (χ3v) is 3.91. The first-order valence-corrected chi connectivity index (χ1v) is 6.61. The lowest BCUT2D eigenvalue weighted by atomic mass is 9.92. The molecule has 1 aliphatic carbocycles. The zero-order valence-corrected chi connectivity index (χ0v) is 11.6. The van der Waals surface area contributed by atoms with E-state index in [0.29, 0.717) is 21.7 Å². The lowest BCUT2D eigenvalue weighted by molar-refractivity contribution is 0.0936.